The van der Waals surface area contributed by atoms with Crippen molar-refractivity contribution in [2.24, 2.45) is 9.98 Å². The van der Waals surface area contributed by atoms with Crippen LogP contribution < -0.4 is 10.6 Å². The zero-order valence-electron chi connectivity index (χ0n) is 23.3. The van der Waals surface area contributed by atoms with Gasteiger partial charge in [0.05, 0.1) is 24.0 Å². The fourth-order valence-electron chi connectivity index (χ4n) is 4.64. The van der Waals surface area contributed by atoms with E-state index in [9.17, 15) is 9.18 Å². The van der Waals surface area contributed by atoms with Gasteiger partial charge in [0.15, 0.2) is 0 Å². The molecule has 0 aliphatic carbocycles. The summed E-state index contributed by atoms with van der Waals surface area (Å²) >= 11 is 0. The number of nitrogens with zero attached hydrogens (tertiary/aromatic N) is 4. The highest BCUT2D eigenvalue weighted by Gasteiger charge is 2.20. The number of amidine groups is 1. The van der Waals surface area contributed by atoms with Gasteiger partial charge < -0.3 is 15.5 Å². The lowest BCUT2D eigenvalue weighted by atomic mass is 10.0. The number of nitrogens with one attached hydrogen (secondary N) is 2. The third-order valence-electron chi connectivity index (χ3n) is 7.33. The van der Waals surface area contributed by atoms with E-state index >= 15 is 0 Å². The molecular formula is C30H39FN6O. The number of hydrogen-bond donors (Lipinski definition) is 2. The molecule has 8 heteroatoms. The Morgan fingerprint density at radius 1 is 1.24 bits per heavy atom. The number of hydrogen-bond acceptors (Lipinski definition) is 6. The number of benzene rings is 2. The van der Waals surface area contributed by atoms with E-state index in [4.69, 9.17) is 4.99 Å². The van der Waals surface area contributed by atoms with E-state index in [1.807, 2.05) is 52.2 Å². The van der Waals surface area contributed by atoms with Gasteiger partial charge in [-0.05, 0) is 95.1 Å². The fourth-order valence-corrected chi connectivity index (χ4v) is 4.64. The molecule has 0 spiro atoms. The van der Waals surface area contributed by atoms with Gasteiger partial charge in [0, 0.05) is 43.2 Å². The number of halogens is 1. The number of carbonyl (C=O) groups is 1. The van der Waals surface area contributed by atoms with Gasteiger partial charge in [-0.15, -0.1) is 0 Å². The van der Waals surface area contributed by atoms with Crippen molar-refractivity contribution in [3.8, 4) is 0 Å². The lowest BCUT2D eigenvalue weighted by molar-refractivity contribution is 0.102. The Morgan fingerprint density at radius 2 is 2.00 bits per heavy atom. The van der Waals surface area contributed by atoms with E-state index in [1.54, 1.807) is 12.3 Å². The smallest absolute Gasteiger partial charge is 0.255 e. The lowest BCUT2D eigenvalue weighted by Gasteiger charge is -2.31. The average Bonchev–Trinajstić information content (AvgIpc) is 2.85. The lowest BCUT2D eigenvalue weighted by Crippen LogP contribution is -2.36. The minimum Gasteiger partial charge on any atom is -0.379 e. The molecule has 0 aromatic heterocycles. The number of amides is 1. The van der Waals surface area contributed by atoms with Crippen LogP contribution >= 0.6 is 0 Å². The third kappa shape index (κ3) is 6.48. The molecule has 7 nitrogen and oxygen atoms in total. The summed E-state index contributed by atoms with van der Waals surface area (Å²) in [7, 11) is 2.02. The molecule has 4 rings (SSSR count). The average molecular weight is 519 g/mol. The van der Waals surface area contributed by atoms with Crippen LogP contribution in [0, 0.1) is 19.7 Å². The number of likely N-dealkylation sites (tertiary alicyclic amines) is 1. The van der Waals surface area contributed by atoms with Crippen molar-refractivity contribution in [2.75, 3.05) is 32.0 Å². The van der Waals surface area contributed by atoms with E-state index in [1.165, 1.54) is 6.07 Å². The van der Waals surface area contributed by atoms with Crippen LogP contribution in [0.4, 0.5) is 10.1 Å². The summed E-state index contributed by atoms with van der Waals surface area (Å²) in [6, 6.07) is 8.82. The van der Waals surface area contributed by atoms with Crippen molar-refractivity contribution in [1.82, 2.24) is 15.1 Å². The van der Waals surface area contributed by atoms with Gasteiger partial charge in [0.1, 0.15) is 11.7 Å². The van der Waals surface area contributed by atoms with Crippen LogP contribution in [0.25, 0.3) is 0 Å². The summed E-state index contributed by atoms with van der Waals surface area (Å²) in [5.41, 5.74) is 5.49. The SMILES string of the molecule is CCN(C)/C=C1/N=CC(N[C@@H](C)c2cc(NC(=O)c3cc(C)c(CN4CCC4)c(F)c3)ccc2C)=NC1C. The summed E-state index contributed by atoms with van der Waals surface area (Å²) in [6.07, 6.45) is 4.94. The number of carbonyl (C=O) groups excluding carboxylic acids is 1. The van der Waals surface area contributed by atoms with Gasteiger partial charge in [-0.3, -0.25) is 19.7 Å². The molecule has 2 aromatic rings. The van der Waals surface area contributed by atoms with Crippen LogP contribution in [0.5, 0.6) is 0 Å². The molecule has 38 heavy (non-hydrogen) atoms. The van der Waals surface area contributed by atoms with E-state index in [0.29, 0.717) is 23.4 Å². The Balaban J connectivity index is 1.44. The quantitative estimate of drug-likeness (QED) is 0.503. The number of rotatable bonds is 8. The van der Waals surface area contributed by atoms with Crippen molar-refractivity contribution in [2.45, 2.75) is 59.7 Å². The van der Waals surface area contributed by atoms with Crippen LogP contribution in [0.1, 0.15) is 65.8 Å². The first-order valence-corrected chi connectivity index (χ1v) is 13.4. The van der Waals surface area contributed by atoms with E-state index in [0.717, 1.165) is 54.3 Å². The highest BCUT2D eigenvalue weighted by Crippen LogP contribution is 2.25. The molecule has 2 aliphatic rings. The summed E-state index contributed by atoms with van der Waals surface area (Å²) < 4.78 is 14.9. The van der Waals surface area contributed by atoms with E-state index < -0.39 is 0 Å². The molecule has 2 atom stereocenters. The van der Waals surface area contributed by atoms with Gasteiger partial charge in [0.25, 0.3) is 5.91 Å². The molecule has 202 valence electrons. The summed E-state index contributed by atoms with van der Waals surface area (Å²) in [5, 5.41) is 6.39. The standard InChI is InChI=1S/C30H39FN6O/c1-7-36(6)18-28-22(5)34-29(16-32-28)33-21(4)25-15-24(10-9-19(25)2)35-30(38)23-13-20(3)26(27(31)14-23)17-37-11-8-12-37/h9-10,13-16,18,21-22H,7-8,11-12,17H2,1-6H3,(H,33,34)(H,35,38)/b28-18+/t21-,22?/m0/s1. The second kappa shape index (κ2) is 11.9. The molecule has 0 bridgehead atoms. The van der Waals surface area contributed by atoms with Gasteiger partial charge in [-0.2, -0.15) is 0 Å². The van der Waals surface area contributed by atoms with Crippen molar-refractivity contribution in [3.63, 3.8) is 0 Å². The molecule has 1 saturated heterocycles. The zero-order chi connectivity index (χ0) is 27.4. The van der Waals surface area contributed by atoms with Crippen molar-refractivity contribution >= 4 is 23.6 Å². The monoisotopic (exact) mass is 518 g/mol. The molecule has 1 amide bonds. The van der Waals surface area contributed by atoms with E-state index in [-0.39, 0.29) is 23.8 Å². The molecule has 2 aromatic carbocycles. The Bertz CT molecular complexity index is 1260. The molecular weight excluding hydrogens is 479 g/mol. The maximum atomic E-state index is 14.9. The Morgan fingerprint density at radius 3 is 2.63 bits per heavy atom. The summed E-state index contributed by atoms with van der Waals surface area (Å²) in [4.78, 5) is 26.7. The maximum absolute atomic E-state index is 14.9. The molecule has 1 fully saturated rings. The largest absolute Gasteiger partial charge is 0.379 e. The topological polar surface area (TPSA) is 72.3 Å². The molecule has 0 radical (unpaired) electrons. The Labute approximate surface area is 225 Å². The predicted molar refractivity (Wildman–Crippen MR) is 153 cm³/mol. The first kappa shape index (κ1) is 27.5. The highest BCUT2D eigenvalue weighted by molar-refractivity contribution is 6.30. The van der Waals surface area contributed by atoms with Gasteiger partial charge in [0.2, 0.25) is 0 Å². The van der Waals surface area contributed by atoms with Crippen molar-refractivity contribution < 1.29 is 9.18 Å². The minimum absolute atomic E-state index is 0.0448. The van der Waals surface area contributed by atoms with Crippen LogP contribution in [0.15, 0.2) is 52.2 Å². The molecule has 0 saturated carbocycles. The molecule has 1 unspecified atom stereocenters. The van der Waals surface area contributed by atoms with Crippen LogP contribution in [0.2, 0.25) is 0 Å². The second-order valence-electron chi connectivity index (χ2n) is 10.4. The third-order valence-corrected chi connectivity index (χ3v) is 7.33. The van der Waals surface area contributed by atoms with Gasteiger partial charge >= 0.3 is 0 Å². The van der Waals surface area contributed by atoms with Crippen LogP contribution in [0.3, 0.4) is 0 Å². The Kier molecular flexibility index (Phi) is 8.62. The fraction of sp³-hybridized carbons (Fsp3) is 0.433. The maximum Gasteiger partial charge on any atom is 0.255 e. The normalized spacial score (nSPS) is 19.1. The molecule has 2 N–H and O–H groups in total. The molecule has 2 aliphatic heterocycles. The molecule has 2 heterocycles. The number of anilines is 1. The number of aryl methyl sites for hydroxylation is 2. The van der Waals surface area contributed by atoms with Gasteiger partial charge in [-0.1, -0.05) is 6.07 Å². The Hall–Kier alpha value is -3.52. The zero-order valence-corrected chi connectivity index (χ0v) is 23.3. The summed E-state index contributed by atoms with van der Waals surface area (Å²) in [5.74, 6) is 0.0688. The van der Waals surface area contributed by atoms with Crippen molar-refractivity contribution in [1.29, 1.82) is 0 Å². The first-order valence-electron chi connectivity index (χ1n) is 13.4. The first-order chi connectivity index (χ1) is 18.1. The predicted octanol–water partition coefficient (Wildman–Crippen LogP) is 5.22. The van der Waals surface area contributed by atoms with E-state index in [2.05, 4.69) is 39.3 Å². The second-order valence-corrected chi connectivity index (χ2v) is 10.4. The van der Waals surface area contributed by atoms with Crippen LogP contribution in [-0.2, 0) is 6.54 Å². The minimum atomic E-state index is -0.327. The van der Waals surface area contributed by atoms with Crippen LogP contribution in [-0.4, -0.2) is 60.5 Å². The number of aliphatic imine (C=N–C) groups is 2. The van der Waals surface area contributed by atoms with Gasteiger partial charge in [-0.25, -0.2) is 4.39 Å². The summed E-state index contributed by atoms with van der Waals surface area (Å²) in [6.45, 7) is 13.6. The highest BCUT2D eigenvalue weighted by atomic mass is 19.1. The van der Waals surface area contributed by atoms with Crippen molar-refractivity contribution in [3.05, 3.63) is 75.9 Å².